The number of nitro benzene ring substituents is 1. The maximum absolute atomic E-state index is 13.0. The number of non-ortho nitro benzene ring substituents is 1. The Labute approximate surface area is 174 Å². The van der Waals surface area contributed by atoms with E-state index in [2.05, 4.69) is 36.7 Å². The van der Waals surface area contributed by atoms with Gasteiger partial charge in [-0.3, -0.25) is 14.9 Å². The van der Waals surface area contributed by atoms with E-state index >= 15 is 0 Å². The topological polar surface area (TPSA) is 113 Å². The summed E-state index contributed by atoms with van der Waals surface area (Å²) in [4.78, 5) is 35.6. The Morgan fingerprint density at radius 2 is 1.80 bits per heavy atom. The van der Waals surface area contributed by atoms with Crippen molar-refractivity contribution in [3.05, 3.63) is 81.0 Å². The zero-order valence-electron chi connectivity index (χ0n) is 17.3. The van der Waals surface area contributed by atoms with E-state index in [1.165, 1.54) is 18.2 Å². The first-order valence-electron chi connectivity index (χ1n) is 9.51. The highest BCUT2D eigenvalue weighted by Gasteiger charge is 2.31. The van der Waals surface area contributed by atoms with Crippen molar-refractivity contribution >= 4 is 23.3 Å². The predicted molar refractivity (Wildman–Crippen MR) is 114 cm³/mol. The van der Waals surface area contributed by atoms with E-state index < -0.39 is 22.9 Å². The van der Waals surface area contributed by atoms with Crippen molar-refractivity contribution in [2.45, 2.75) is 39.2 Å². The second-order valence-corrected chi connectivity index (χ2v) is 8.20. The molecule has 8 nitrogen and oxygen atoms in total. The molecule has 0 radical (unpaired) electrons. The average Bonchev–Trinajstić information content (AvgIpc) is 2.66. The molecule has 30 heavy (non-hydrogen) atoms. The van der Waals surface area contributed by atoms with Gasteiger partial charge in [0.05, 0.1) is 16.5 Å². The third-order valence-corrected chi connectivity index (χ3v) is 4.94. The highest BCUT2D eigenvalue weighted by molar-refractivity contribution is 6.06. The summed E-state index contributed by atoms with van der Waals surface area (Å²) in [5.41, 5.74) is 2.81. The van der Waals surface area contributed by atoms with Crippen LogP contribution in [0.2, 0.25) is 0 Å². The fraction of sp³-hybridized carbons (Fsp3) is 0.273. The molecule has 0 aromatic heterocycles. The number of anilines is 1. The number of hydrogen-bond donors (Lipinski definition) is 3. The van der Waals surface area contributed by atoms with Crippen LogP contribution in [-0.4, -0.2) is 16.9 Å². The summed E-state index contributed by atoms with van der Waals surface area (Å²) >= 11 is 0. The lowest BCUT2D eigenvalue weighted by atomic mass is 9.85. The van der Waals surface area contributed by atoms with Gasteiger partial charge in [0.2, 0.25) is 0 Å². The van der Waals surface area contributed by atoms with Gasteiger partial charge in [-0.15, -0.1) is 0 Å². The molecule has 0 aliphatic carbocycles. The van der Waals surface area contributed by atoms with Gasteiger partial charge in [0.1, 0.15) is 0 Å². The molecule has 0 saturated heterocycles. The molecule has 0 bridgehead atoms. The van der Waals surface area contributed by atoms with Gasteiger partial charge in [-0.1, -0.05) is 51.1 Å². The lowest BCUT2D eigenvalue weighted by molar-refractivity contribution is -0.384. The third-order valence-electron chi connectivity index (χ3n) is 4.94. The fourth-order valence-electron chi connectivity index (χ4n) is 3.32. The van der Waals surface area contributed by atoms with Gasteiger partial charge >= 0.3 is 6.03 Å². The van der Waals surface area contributed by atoms with Gasteiger partial charge in [-0.05, 0) is 29.5 Å². The van der Waals surface area contributed by atoms with Gasteiger partial charge in [0.15, 0.2) is 0 Å². The molecule has 0 unspecified atom stereocenters. The van der Waals surface area contributed by atoms with E-state index in [0.29, 0.717) is 17.0 Å². The summed E-state index contributed by atoms with van der Waals surface area (Å²) in [7, 11) is 0. The summed E-state index contributed by atoms with van der Waals surface area (Å²) in [6.07, 6.45) is 0. The molecule has 0 fully saturated rings. The van der Waals surface area contributed by atoms with Crippen molar-refractivity contribution in [1.29, 1.82) is 0 Å². The minimum atomic E-state index is -0.647. The molecule has 2 aromatic carbocycles. The van der Waals surface area contributed by atoms with E-state index in [9.17, 15) is 19.7 Å². The first-order chi connectivity index (χ1) is 14.1. The van der Waals surface area contributed by atoms with Crippen LogP contribution in [0.15, 0.2) is 59.8 Å². The molecular formula is C22H24N4O4. The normalized spacial score (nSPS) is 16.5. The summed E-state index contributed by atoms with van der Waals surface area (Å²) in [6, 6.07) is 12.4. The first-order valence-corrected chi connectivity index (χ1v) is 9.51. The number of hydrogen-bond acceptors (Lipinski definition) is 4. The maximum atomic E-state index is 13.0. The maximum Gasteiger partial charge on any atom is 0.319 e. The molecule has 1 aliphatic rings. The van der Waals surface area contributed by atoms with Crippen molar-refractivity contribution in [2.75, 3.05) is 5.32 Å². The van der Waals surface area contributed by atoms with Crippen LogP contribution in [0.1, 0.15) is 44.9 Å². The number of benzene rings is 2. The Balaban J connectivity index is 1.93. The van der Waals surface area contributed by atoms with Crippen LogP contribution in [-0.2, 0) is 10.2 Å². The van der Waals surface area contributed by atoms with E-state index in [1.807, 2.05) is 24.3 Å². The lowest BCUT2D eigenvalue weighted by Crippen LogP contribution is -2.46. The number of nitro groups is 1. The SMILES string of the molecule is CC1=C(C(=O)Nc2cccc([N+](=O)[O-])c2)[C@H](c2ccc(C(C)(C)C)cc2)NC(=O)N1. The number of amides is 3. The molecule has 1 aliphatic heterocycles. The van der Waals surface area contributed by atoms with Crippen LogP contribution in [0.4, 0.5) is 16.2 Å². The van der Waals surface area contributed by atoms with Crippen LogP contribution >= 0.6 is 0 Å². The van der Waals surface area contributed by atoms with E-state index in [1.54, 1.807) is 13.0 Å². The zero-order valence-corrected chi connectivity index (χ0v) is 17.3. The van der Waals surface area contributed by atoms with Crippen molar-refractivity contribution in [2.24, 2.45) is 0 Å². The van der Waals surface area contributed by atoms with Crippen molar-refractivity contribution in [1.82, 2.24) is 10.6 Å². The first kappa shape index (κ1) is 21.0. The van der Waals surface area contributed by atoms with Gasteiger partial charge in [0.25, 0.3) is 11.6 Å². The molecule has 3 amide bonds. The molecule has 0 saturated carbocycles. The number of urea groups is 1. The average molecular weight is 408 g/mol. The molecule has 3 rings (SSSR count). The summed E-state index contributed by atoms with van der Waals surface area (Å²) < 4.78 is 0. The molecule has 2 aromatic rings. The van der Waals surface area contributed by atoms with Gasteiger partial charge in [0, 0.05) is 23.5 Å². The highest BCUT2D eigenvalue weighted by Crippen LogP contribution is 2.30. The van der Waals surface area contributed by atoms with Crippen LogP contribution in [0.25, 0.3) is 0 Å². The molecule has 156 valence electrons. The van der Waals surface area contributed by atoms with Crippen LogP contribution < -0.4 is 16.0 Å². The molecular weight excluding hydrogens is 384 g/mol. The molecule has 1 atom stereocenters. The summed E-state index contributed by atoms with van der Waals surface area (Å²) in [5, 5.41) is 19.1. The van der Waals surface area contributed by atoms with Crippen molar-refractivity contribution in [3.63, 3.8) is 0 Å². The Morgan fingerprint density at radius 1 is 1.13 bits per heavy atom. The van der Waals surface area contributed by atoms with Gasteiger partial charge < -0.3 is 16.0 Å². The Morgan fingerprint density at radius 3 is 2.40 bits per heavy atom. The van der Waals surface area contributed by atoms with Crippen molar-refractivity contribution in [3.8, 4) is 0 Å². The van der Waals surface area contributed by atoms with Crippen molar-refractivity contribution < 1.29 is 14.5 Å². The van der Waals surface area contributed by atoms with E-state index in [-0.39, 0.29) is 11.1 Å². The molecule has 8 heteroatoms. The monoisotopic (exact) mass is 408 g/mol. The minimum absolute atomic E-state index is 0.0239. The van der Waals surface area contributed by atoms with Gasteiger partial charge in [-0.25, -0.2) is 4.79 Å². The quantitative estimate of drug-likeness (QED) is 0.521. The van der Waals surface area contributed by atoms with E-state index in [4.69, 9.17) is 0 Å². The number of rotatable bonds is 4. The number of nitrogens with one attached hydrogen (secondary N) is 3. The third kappa shape index (κ3) is 4.48. The highest BCUT2D eigenvalue weighted by atomic mass is 16.6. The van der Waals surface area contributed by atoms with Crippen LogP contribution in [0.5, 0.6) is 0 Å². The second-order valence-electron chi connectivity index (χ2n) is 8.20. The number of allylic oxidation sites excluding steroid dienone is 1. The Kier molecular flexibility index (Phi) is 5.60. The smallest absolute Gasteiger partial charge is 0.319 e. The molecule has 0 spiro atoms. The van der Waals surface area contributed by atoms with Crippen LogP contribution in [0.3, 0.4) is 0 Å². The second kappa shape index (κ2) is 7.98. The zero-order chi connectivity index (χ0) is 22.1. The molecule has 3 N–H and O–H groups in total. The number of carbonyl (C=O) groups is 2. The van der Waals surface area contributed by atoms with Crippen LogP contribution in [0, 0.1) is 10.1 Å². The minimum Gasteiger partial charge on any atom is -0.327 e. The Bertz CT molecular complexity index is 1040. The standard InChI is InChI=1S/C22H24N4O4/c1-13-18(20(27)24-16-6-5-7-17(12-16)26(29)30)19(25-21(28)23-13)14-8-10-15(11-9-14)22(2,3)4/h5-12,19H,1-4H3,(H,24,27)(H2,23,25,28)/t19-/m0/s1. The number of nitrogens with zero attached hydrogens (tertiary/aromatic N) is 1. The largest absolute Gasteiger partial charge is 0.327 e. The number of carbonyl (C=O) groups excluding carboxylic acids is 2. The summed E-state index contributed by atoms with van der Waals surface area (Å²) in [6.45, 7) is 7.97. The Hall–Kier alpha value is -3.68. The summed E-state index contributed by atoms with van der Waals surface area (Å²) in [5.74, 6) is -0.453. The molecule has 1 heterocycles. The fourth-order valence-corrected chi connectivity index (χ4v) is 3.32. The van der Waals surface area contributed by atoms with E-state index in [0.717, 1.165) is 11.1 Å². The predicted octanol–water partition coefficient (Wildman–Crippen LogP) is 4.16. The van der Waals surface area contributed by atoms with Gasteiger partial charge in [-0.2, -0.15) is 0 Å². The lowest BCUT2D eigenvalue weighted by Gasteiger charge is -2.29.